The molecule has 0 spiro atoms. The van der Waals surface area contributed by atoms with Crippen LogP contribution in [0.3, 0.4) is 0 Å². The molecular formula is C44H26N4O. The van der Waals surface area contributed by atoms with Crippen LogP contribution in [0, 0.1) is 0 Å². The third-order valence-electron chi connectivity index (χ3n) is 9.36. The topological polar surface area (TPSA) is 64.7 Å². The van der Waals surface area contributed by atoms with Crippen molar-refractivity contribution in [3.8, 4) is 45.4 Å². The molecule has 10 rings (SSSR count). The molecule has 3 heterocycles. The summed E-state index contributed by atoms with van der Waals surface area (Å²) in [6, 6.07) is 52.2. The number of hydrogen-bond donors (Lipinski definition) is 0. The van der Waals surface area contributed by atoms with Crippen molar-refractivity contribution in [1.29, 1.82) is 0 Å². The first-order valence-electron chi connectivity index (χ1n) is 16.3. The lowest BCUT2D eigenvalue weighted by Crippen LogP contribution is -2.01. The molecule has 228 valence electrons. The number of pyridine rings is 1. The van der Waals surface area contributed by atoms with Gasteiger partial charge in [-0.1, -0.05) is 127 Å². The van der Waals surface area contributed by atoms with Gasteiger partial charge in [0.25, 0.3) is 0 Å². The fourth-order valence-corrected chi connectivity index (χ4v) is 7.00. The zero-order chi connectivity index (χ0) is 32.3. The number of rotatable bonds is 4. The molecule has 49 heavy (non-hydrogen) atoms. The maximum absolute atomic E-state index is 6.22. The Morgan fingerprint density at radius 2 is 0.939 bits per heavy atom. The van der Waals surface area contributed by atoms with Crippen LogP contribution in [-0.2, 0) is 0 Å². The largest absolute Gasteiger partial charge is 0.456 e. The Morgan fingerprint density at radius 3 is 1.63 bits per heavy atom. The average Bonchev–Trinajstić information content (AvgIpc) is 3.56. The third-order valence-corrected chi connectivity index (χ3v) is 9.36. The van der Waals surface area contributed by atoms with Crippen LogP contribution < -0.4 is 0 Å². The highest BCUT2D eigenvalue weighted by atomic mass is 16.3. The predicted molar refractivity (Wildman–Crippen MR) is 199 cm³/mol. The van der Waals surface area contributed by atoms with Gasteiger partial charge in [0.15, 0.2) is 17.5 Å². The van der Waals surface area contributed by atoms with Crippen molar-refractivity contribution in [2.75, 3.05) is 0 Å². The van der Waals surface area contributed by atoms with Gasteiger partial charge in [-0.25, -0.2) is 15.0 Å². The Bertz CT molecular complexity index is 2810. The van der Waals surface area contributed by atoms with Crippen LogP contribution in [0.2, 0.25) is 0 Å². The van der Waals surface area contributed by atoms with Gasteiger partial charge < -0.3 is 4.42 Å². The van der Waals surface area contributed by atoms with E-state index in [-0.39, 0.29) is 0 Å². The Hall–Kier alpha value is -6.72. The number of nitrogens with zero attached hydrogens (tertiary/aromatic N) is 4. The van der Waals surface area contributed by atoms with E-state index >= 15 is 0 Å². The van der Waals surface area contributed by atoms with E-state index < -0.39 is 0 Å². The normalized spacial score (nSPS) is 11.7. The van der Waals surface area contributed by atoms with Gasteiger partial charge in [0.05, 0.1) is 11.1 Å². The van der Waals surface area contributed by atoms with Crippen molar-refractivity contribution in [1.82, 2.24) is 19.9 Å². The van der Waals surface area contributed by atoms with Gasteiger partial charge in [-0.15, -0.1) is 0 Å². The van der Waals surface area contributed by atoms with Crippen molar-refractivity contribution in [2.24, 2.45) is 0 Å². The highest BCUT2D eigenvalue weighted by Gasteiger charge is 2.19. The molecule has 0 aliphatic carbocycles. The minimum Gasteiger partial charge on any atom is -0.456 e. The molecule has 5 heteroatoms. The van der Waals surface area contributed by atoms with E-state index in [1.807, 2.05) is 30.5 Å². The maximum atomic E-state index is 6.22. The van der Waals surface area contributed by atoms with Crippen molar-refractivity contribution < 1.29 is 4.42 Å². The Balaban J connectivity index is 1.20. The molecule has 0 bridgehead atoms. The molecule has 7 aromatic carbocycles. The van der Waals surface area contributed by atoms with Gasteiger partial charge in [-0.2, -0.15) is 0 Å². The first-order valence-corrected chi connectivity index (χ1v) is 16.3. The number of hydrogen-bond acceptors (Lipinski definition) is 5. The van der Waals surface area contributed by atoms with Crippen LogP contribution in [0.1, 0.15) is 0 Å². The number of fused-ring (bicyclic) bond motifs is 6. The van der Waals surface area contributed by atoms with Crippen LogP contribution in [0.25, 0.3) is 99.7 Å². The van der Waals surface area contributed by atoms with Gasteiger partial charge in [0, 0.05) is 33.8 Å². The lowest BCUT2D eigenvalue weighted by atomic mass is 9.95. The SMILES string of the molecule is c1ccc2cc(-c3nc(-c4ccc5ccccc5c4)nc(-c4cccc5c(-c6nccc7oc8ccccc8c67)cccc45)n3)ccc2c1. The molecule has 0 aliphatic rings. The smallest absolute Gasteiger partial charge is 0.164 e. The third kappa shape index (κ3) is 4.55. The van der Waals surface area contributed by atoms with Crippen LogP contribution in [0.5, 0.6) is 0 Å². The van der Waals surface area contributed by atoms with E-state index in [0.717, 1.165) is 71.4 Å². The van der Waals surface area contributed by atoms with Crippen molar-refractivity contribution >= 4 is 54.3 Å². The molecular weight excluding hydrogens is 601 g/mol. The molecule has 0 saturated heterocycles. The Kier molecular flexibility index (Phi) is 6.11. The lowest BCUT2D eigenvalue weighted by molar-refractivity contribution is 0.668. The second kappa shape index (κ2) is 10.9. The van der Waals surface area contributed by atoms with Gasteiger partial charge in [0.2, 0.25) is 0 Å². The van der Waals surface area contributed by atoms with Gasteiger partial charge in [-0.3, -0.25) is 4.98 Å². The summed E-state index contributed by atoms with van der Waals surface area (Å²) in [6.07, 6.45) is 1.82. The van der Waals surface area contributed by atoms with E-state index in [1.54, 1.807) is 0 Å². The van der Waals surface area contributed by atoms with Gasteiger partial charge in [-0.05, 0) is 56.6 Å². The second-order valence-electron chi connectivity index (χ2n) is 12.3. The molecule has 0 N–H and O–H groups in total. The summed E-state index contributed by atoms with van der Waals surface area (Å²) < 4.78 is 6.22. The zero-order valence-electron chi connectivity index (χ0n) is 26.2. The first kappa shape index (κ1) is 27.4. The quantitative estimate of drug-likeness (QED) is 0.194. The fourth-order valence-electron chi connectivity index (χ4n) is 7.00. The highest BCUT2D eigenvalue weighted by molar-refractivity contribution is 6.15. The molecule has 0 amide bonds. The summed E-state index contributed by atoms with van der Waals surface area (Å²) in [6.45, 7) is 0. The number of aromatic nitrogens is 4. The molecule has 0 fully saturated rings. The summed E-state index contributed by atoms with van der Waals surface area (Å²) >= 11 is 0. The summed E-state index contributed by atoms with van der Waals surface area (Å²) in [7, 11) is 0. The second-order valence-corrected chi connectivity index (χ2v) is 12.3. The Labute approximate surface area is 281 Å². The number of benzene rings is 7. The lowest BCUT2D eigenvalue weighted by Gasteiger charge is -2.13. The van der Waals surface area contributed by atoms with Gasteiger partial charge >= 0.3 is 0 Å². The van der Waals surface area contributed by atoms with Crippen LogP contribution in [0.15, 0.2) is 162 Å². The van der Waals surface area contributed by atoms with Crippen LogP contribution in [-0.4, -0.2) is 19.9 Å². The number of furan rings is 1. The predicted octanol–water partition coefficient (Wildman–Crippen LogP) is 11.3. The molecule has 10 aromatic rings. The van der Waals surface area contributed by atoms with Crippen molar-refractivity contribution in [2.45, 2.75) is 0 Å². The summed E-state index contributed by atoms with van der Waals surface area (Å²) in [5, 5.41) is 8.77. The van der Waals surface area contributed by atoms with Crippen molar-refractivity contribution in [3.05, 3.63) is 158 Å². The summed E-state index contributed by atoms with van der Waals surface area (Å²) in [4.78, 5) is 20.3. The average molecular weight is 627 g/mol. The molecule has 0 saturated carbocycles. The summed E-state index contributed by atoms with van der Waals surface area (Å²) in [5.41, 5.74) is 6.37. The molecule has 0 atom stereocenters. The Morgan fingerprint density at radius 1 is 0.388 bits per heavy atom. The van der Waals surface area contributed by atoms with Gasteiger partial charge in [0.1, 0.15) is 11.2 Å². The minimum absolute atomic E-state index is 0.615. The molecule has 0 radical (unpaired) electrons. The number of para-hydroxylation sites is 1. The fraction of sp³-hybridized carbons (Fsp3) is 0. The maximum Gasteiger partial charge on any atom is 0.164 e. The van der Waals surface area contributed by atoms with E-state index in [9.17, 15) is 0 Å². The van der Waals surface area contributed by atoms with Crippen LogP contribution in [0.4, 0.5) is 0 Å². The molecule has 3 aromatic heterocycles. The first-order chi connectivity index (χ1) is 24.3. The monoisotopic (exact) mass is 626 g/mol. The van der Waals surface area contributed by atoms with E-state index in [1.165, 1.54) is 10.8 Å². The van der Waals surface area contributed by atoms with E-state index in [4.69, 9.17) is 24.4 Å². The minimum atomic E-state index is 0.615. The highest BCUT2D eigenvalue weighted by Crippen LogP contribution is 2.40. The van der Waals surface area contributed by atoms with E-state index in [2.05, 4.69) is 127 Å². The standard InChI is InChI=1S/C44H26N4O/c1-3-11-29-25-31(21-19-27(29)9-1)42-46-43(32-22-20-28-10-2-4-12-30(28)26-32)48-44(47-42)36-17-8-14-33-34(36)15-7-16-35(33)41-40-37-13-5-6-18-38(37)49-39(40)23-24-45-41/h1-26H. The van der Waals surface area contributed by atoms with Crippen molar-refractivity contribution in [3.63, 3.8) is 0 Å². The summed E-state index contributed by atoms with van der Waals surface area (Å²) in [5.74, 6) is 1.87. The zero-order valence-corrected chi connectivity index (χ0v) is 26.2. The van der Waals surface area contributed by atoms with Crippen LogP contribution >= 0.6 is 0 Å². The molecule has 5 nitrogen and oxygen atoms in total. The molecule has 0 aliphatic heterocycles. The van der Waals surface area contributed by atoms with E-state index in [0.29, 0.717) is 17.5 Å². The molecule has 0 unspecified atom stereocenters.